The van der Waals surface area contributed by atoms with Gasteiger partial charge in [0, 0.05) is 41.0 Å². The van der Waals surface area contributed by atoms with Gasteiger partial charge >= 0.3 is 21.1 Å². The monoisotopic (exact) mass is 867 g/mol. The third-order valence-electron chi connectivity index (χ3n) is 11.0. The normalized spacial score (nSPS) is 15.6. The maximum atomic E-state index is 14.3. The van der Waals surface area contributed by atoms with Crippen molar-refractivity contribution in [3.63, 3.8) is 0 Å². The number of hydrogen-bond donors (Lipinski definition) is 0. The molecule has 0 bridgehead atoms. The first kappa shape index (κ1) is 34.5. The van der Waals surface area contributed by atoms with Gasteiger partial charge in [0.15, 0.2) is 0 Å². The van der Waals surface area contributed by atoms with Crippen LogP contribution in [-0.4, -0.2) is 19.3 Å². The van der Waals surface area contributed by atoms with Crippen LogP contribution < -0.4 is 4.74 Å². The largest absolute Gasteiger partial charge is 2.00 e. The second kappa shape index (κ2) is 14.8. The van der Waals surface area contributed by atoms with Crippen LogP contribution >= 0.6 is 0 Å². The van der Waals surface area contributed by atoms with Crippen LogP contribution in [0.3, 0.4) is 0 Å². The van der Waals surface area contributed by atoms with Gasteiger partial charge < -0.3 is 9.30 Å². The minimum atomic E-state index is -0.343. The minimum Gasteiger partial charge on any atom is -0.509 e. The number of nitrogens with zero attached hydrogens (tertiary/aromatic N) is 4. The van der Waals surface area contributed by atoms with Gasteiger partial charge in [-0.25, -0.2) is 9.37 Å². The molecule has 0 N–H and O–H groups in total. The van der Waals surface area contributed by atoms with Crippen LogP contribution in [0.2, 0.25) is 0 Å². The summed E-state index contributed by atoms with van der Waals surface area (Å²) >= 11 is 0. The van der Waals surface area contributed by atoms with Gasteiger partial charge in [0.25, 0.3) is 0 Å². The number of pyridine rings is 1. The Labute approximate surface area is 319 Å². The molecule has 3 heterocycles. The quantitative estimate of drug-likeness (QED) is 0.150. The molecule has 2 aliphatic carbocycles. The molecule has 0 radical (unpaired) electrons. The van der Waals surface area contributed by atoms with Crippen molar-refractivity contribution in [2.24, 2.45) is 0 Å². The molecule has 7 heteroatoms. The van der Waals surface area contributed by atoms with E-state index in [2.05, 4.69) is 48.4 Å². The number of halogens is 1. The average Bonchev–Trinajstić information content (AvgIpc) is 3.79. The molecule has 0 amide bonds. The molecule has 0 saturated heterocycles. The van der Waals surface area contributed by atoms with Crippen LogP contribution in [0.5, 0.6) is 11.5 Å². The predicted molar refractivity (Wildman–Crippen MR) is 202 cm³/mol. The van der Waals surface area contributed by atoms with E-state index in [1.807, 2.05) is 64.0 Å². The first-order chi connectivity index (χ1) is 25.1. The van der Waals surface area contributed by atoms with Gasteiger partial charge in [-0.3, -0.25) is 4.68 Å². The molecule has 0 spiro atoms. The van der Waals surface area contributed by atoms with E-state index in [0.29, 0.717) is 29.2 Å². The second-order valence-electron chi connectivity index (χ2n) is 14.4. The fraction of sp³-hybridized carbons (Fsp3) is 0.289. The number of ether oxygens (including phenoxy) is 1. The summed E-state index contributed by atoms with van der Waals surface area (Å²) in [7, 11) is 0. The second-order valence-corrected chi connectivity index (χ2v) is 14.4. The summed E-state index contributed by atoms with van der Waals surface area (Å²) in [4.78, 5) is 4.48. The Morgan fingerprint density at radius 1 is 0.750 bits per heavy atom. The molecule has 3 aromatic heterocycles. The van der Waals surface area contributed by atoms with Crippen molar-refractivity contribution in [2.75, 3.05) is 0 Å². The summed E-state index contributed by atoms with van der Waals surface area (Å²) in [6, 6.07) is 32.5. The van der Waals surface area contributed by atoms with Crippen molar-refractivity contribution in [2.45, 2.75) is 83.0 Å². The smallest absolute Gasteiger partial charge is 0.509 e. The summed E-state index contributed by atoms with van der Waals surface area (Å²) in [5.74, 6) is 2.45. The molecule has 264 valence electrons. The Bertz CT molecular complexity index is 2330. The molecule has 9 rings (SSSR count). The van der Waals surface area contributed by atoms with Crippen molar-refractivity contribution in [3.8, 4) is 34.1 Å². The zero-order valence-electron chi connectivity index (χ0n) is 29.4. The van der Waals surface area contributed by atoms with Crippen LogP contribution in [-0.2, 0) is 21.1 Å². The molecule has 4 aromatic carbocycles. The molecular weight excluding hydrogens is 827 g/mol. The molecule has 5 nitrogen and oxygen atoms in total. The molecule has 52 heavy (non-hydrogen) atoms. The van der Waals surface area contributed by atoms with E-state index in [4.69, 9.17) is 9.84 Å². The molecule has 2 saturated carbocycles. The van der Waals surface area contributed by atoms with Gasteiger partial charge in [-0.2, -0.15) is 17.2 Å². The minimum absolute atomic E-state index is 0. The van der Waals surface area contributed by atoms with Crippen molar-refractivity contribution in [1.82, 2.24) is 19.3 Å². The molecule has 0 aliphatic heterocycles. The Balaban J connectivity index is 0.00000387. The predicted octanol–water partition coefficient (Wildman–Crippen LogP) is 12.0. The average molecular weight is 868 g/mol. The van der Waals surface area contributed by atoms with Crippen LogP contribution in [0.25, 0.3) is 44.4 Å². The standard InChI is InChI=1S/C45H41FN4O.Pt/c1-30-23-40(31-11-4-2-5-12-31)45(41(24-30)32-13-6-3-7-14-32)33-28-48-49(29-33)35-15-10-16-36(26-35)51-37-19-20-39-38-17-8-9-18-42(38)50(43(39)27-37)44-25-34(46)21-22-47-44;/h8-10,15-25,28-29,31-32H,2-7,11-14H2,1H3;/q-2;+2. The Kier molecular flexibility index (Phi) is 9.85. The Morgan fingerprint density at radius 2 is 1.46 bits per heavy atom. The van der Waals surface area contributed by atoms with Crippen LogP contribution in [0.4, 0.5) is 4.39 Å². The molecule has 2 fully saturated rings. The van der Waals surface area contributed by atoms with Gasteiger partial charge in [0.05, 0.1) is 6.20 Å². The van der Waals surface area contributed by atoms with E-state index in [0.717, 1.165) is 27.5 Å². The molecule has 2 aliphatic rings. The van der Waals surface area contributed by atoms with Gasteiger partial charge in [0.1, 0.15) is 11.6 Å². The summed E-state index contributed by atoms with van der Waals surface area (Å²) in [6.45, 7) is 2.28. The topological polar surface area (TPSA) is 44.9 Å². The molecule has 7 aromatic rings. The Morgan fingerprint density at radius 3 is 2.19 bits per heavy atom. The zero-order valence-corrected chi connectivity index (χ0v) is 31.6. The van der Waals surface area contributed by atoms with Crippen LogP contribution in [0.1, 0.15) is 92.7 Å². The Hall–Kier alpha value is -4.54. The zero-order chi connectivity index (χ0) is 34.3. The van der Waals surface area contributed by atoms with E-state index in [-0.39, 0.29) is 26.9 Å². The number of aryl methyl sites for hydroxylation is 1. The maximum Gasteiger partial charge on any atom is 2.00 e. The third kappa shape index (κ3) is 6.62. The summed E-state index contributed by atoms with van der Waals surface area (Å²) in [5, 5.41) is 6.93. The summed E-state index contributed by atoms with van der Waals surface area (Å²) in [6.07, 6.45) is 18.7. The van der Waals surface area contributed by atoms with Crippen molar-refractivity contribution >= 4 is 21.8 Å². The molecular formula is C45H41FN4OPt. The van der Waals surface area contributed by atoms with E-state index in [1.165, 1.54) is 110 Å². The van der Waals surface area contributed by atoms with Gasteiger partial charge in [-0.05, 0) is 84.3 Å². The third-order valence-corrected chi connectivity index (χ3v) is 11.0. The van der Waals surface area contributed by atoms with Crippen LogP contribution in [0, 0.1) is 24.9 Å². The fourth-order valence-corrected chi connectivity index (χ4v) is 8.67. The summed E-state index contributed by atoms with van der Waals surface area (Å²) < 4.78 is 24.6. The first-order valence-electron chi connectivity index (χ1n) is 18.6. The van der Waals surface area contributed by atoms with E-state index in [1.54, 1.807) is 0 Å². The number of benzene rings is 4. The van der Waals surface area contributed by atoms with Crippen molar-refractivity contribution in [1.29, 1.82) is 0 Å². The SMILES string of the molecule is Cc1cc(C2CCCCC2)c(-c2cnn(-c3[c-]c(Oc4[c-]c5c(cc4)c4ccccc4n5-c4cc(F)ccn4)ccc3)c2)c(C2CCCCC2)c1.[Pt+2]. The van der Waals surface area contributed by atoms with Crippen LogP contribution in [0.15, 0.2) is 97.5 Å². The van der Waals surface area contributed by atoms with E-state index < -0.39 is 0 Å². The van der Waals surface area contributed by atoms with Gasteiger partial charge in [-0.1, -0.05) is 79.9 Å². The fourth-order valence-electron chi connectivity index (χ4n) is 8.67. The maximum absolute atomic E-state index is 14.3. The number of hydrogen-bond acceptors (Lipinski definition) is 3. The van der Waals surface area contributed by atoms with E-state index >= 15 is 0 Å². The number of fused-ring (bicyclic) bond motifs is 3. The number of aromatic nitrogens is 4. The number of rotatable bonds is 7. The van der Waals surface area contributed by atoms with Crippen molar-refractivity contribution in [3.05, 3.63) is 132 Å². The van der Waals surface area contributed by atoms with Gasteiger partial charge in [0.2, 0.25) is 0 Å². The number of para-hydroxylation sites is 1. The van der Waals surface area contributed by atoms with E-state index in [9.17, 15) is 4.39 Å². The first-order valence-corrected chi connectivity index (χ1v) is 18.6. The molecule has 0 atom stereocenters. The van der Waals surface area contributed by atoms with Gasteiger partial charge in [-0.15, -0.1) is 35.7 Å². The van der Waals surface area contributed by atoms with Crippen molar-refractivity contribution < 1.29 is 30.2 Å². The molecule has 0 unspecified atom stereocenters. The summed E-state index contributed by atoms with van der Waals surface area (Å²) in [5.41, 5.74) is 9.53.